The second-order valence-corrected chi connectivity index (χ2v) is 8.33. The largest absolute Gasteiger partial charge is 0.480 e. The molecule has 4 atom stereocenters. The van der Waals surface area contributed by atoms with Gasteiger partial charge in [-0.15, -0.1) is 0 Å². The third-order valence-electron chi connectivity index (χ3n) is 5.29. The van der Waals surface area contributed by atoms with Gasteiger partial charge in [-0.25, -0.2) is 9.78 Å². The molecule has 0 saturated heterocycles. The number of unbranched alkanes of at least 4 members (excludes halogenated alkanes) is 1. The Hall–Kier alpha value is -3.76. The number of carboxylic acids is 1. The summed E-state index contributed by atoms with van der Waals surface area (Å²) in [4.78, 5) is 60.1. The number of imidazole rings is 1. The minimum Gasteiger partial charge on any atom is -0.480 e. The number of aromatic nitrogens is 2. The van der Waals surface area contributed by atoms with Crippen LogP contribution in [0.2, 0.25) is 0 Å². The lowest BCUT2D eigenvalue weighted by Gasteiger charge is -2.24. The van der Waals surface area contributed by atoms with Crippen molar-refractivity contribution in [3.8, 4) is 0 Å². The lowest BCUT2D eigenvalue weighted by atomic mass is 10.1. The van der Waals surface area contributed by atoms with Gasteiger partial charge in [0, 0.05) is 24.9 Å². The number of aliphatic hydroxyl groups is 1. The number of aliphatic carboxylic acids is 1. The molecule has 37 heavy (non-hydrogen) atoms. The molecule has 4 unspecified atom stereocenters. The van der Waals surface area contributed by atoms with Gasteiger partial charge >= 0.3 is 5.97 Å². The summed E-state index contributed by atoms with van der Waals surface area (Å²) in [5.74, 6) is -3.73. The van der Waals surface area contributed by atoms with Crippen molar-refractivity contribution in [1.29, 1.82) is 0 Å². The Labute approximate surface area is 214 Å². The number of aromatic amines is 1. The fraction of sp³-hybridized carbons (Fsp3) is 0.619. The van der Waals surface area contributed by atoms with Crippen LogP contribution in [0.25, 0.3) is 0 Å². The average molecular weight is 527 g/mol. The van der Waals surface area contributed by atoms with Gasteiger partial charge in [-0.3, -0.25) is 19.4 Å². The predicted molar refractivity (Wildman–Crippen MR) is 134 cm³/mol. The summed E-state index contributed by atoms with van der Waals surface area (Å²) in [6, 6.07) is -4.83. The summed E-state index contributed by atoms with van der Waals surface area (Å²) < 4.78 is 0. The maximum atomic E-state index is 13.0. The van der Waals surface area contributed by atoms with E-state index in [-0.39, 0.29) is 25.3 Å². The van der Waals surface area contributed by atoms with Crippen molar-refractivity contribution in [1.82, 2.24) is 25.9 Å². The average Bonchev–Trinajstić information content (AvgIpc) is 3.36. The van der Waals surface area contributed by atoms with Crippen LogP contribution in [0.15, 0.2) is 17.5 Å². The molecule has 16 heteroatoms. The van der Waals surface area contributed by atoms with E-state index < -0.39 is 54.5 Å². The quantitative estimate of drug-likeness (QED) is 0.0499. The van der Waals surface area contributed by atoms with Crippen LogP contribution in [0, 0.1) is 0 Å². The molecule has 208 valence electrons. The van der Waals surface area contributed by atoms with Gasteiger partial charge in [-0.2, -0.15) is 0 Å². The van der Waals surface area contributed by atoms with Crippen LogP contribution in [-0.2, 0) is 25.6 Å². The maximum Gasteiger partial charge on any atom is 0.326 e. The van der Waals surface area contributed by atoms with Crippen LogP contribution in [0.4, 0.5) is 0 Å². The SMILES string of the molecule is NCCCCC(N)C(=O)NC(CCCN=C(N)N)C(=O)NC(CO)C(=O)NC(Cc1cnc[nH]1)C(=O)O. The van der Waals surface area contributed by atoms with Gasteiger partial charge in [0.25, 0.3) is 0 Å². The van der Waals surface area contributed by atoms with Crippen molar-refractivity contribution in [3.05, 3.63) is 18.2 Å². The summed E-state index contributed by atoms with van der Waals surface area (Å²) in [6.07, 6.45) is 4.75. The molecule has 16 nitrogen and oxygen atoms in total. The van der Waals surface area contributed by atoms with E-state index in [4.69, 9.17) is 22.9 Å². The molecule has 0 spiro atoms. The van der Waals surface area contributed by atoms with Gasteiger partial charge in [0.05, 0.1) is 19.0 Å². The van der Waals surface area contributed by atoms with Crippen molar-refractivity contribution in [3.63, 3.8) is 0 Å². The molecule has 0 aliphatic rings. The molecule has 0 fully saturated rings. The monoisotopic (exact) mass is 526 g/mol. The molecular weight excluding hydrogens is 488 g/mol. The molecule has 1 heterocycles. The van der Waals surface area contributed by atoms with E-state index in [9.17, 15) is 29.4 Å². The van der Waals surface area contributed by atoms with Crippen molar-refractivity contribution in [2.45, 2.75) is 62.7 Å². The molecule has 0 aromatic carbocycles. The maximum absolute atomic E-state index is 13.0. The van der Waals surface area contributed by atoms with E-state index in [0.29, 0.717) is 37.9 Å². The van der Waals surface area contributed by atoms with E-state index in [1.165, 1.54) is 12.5 Å². The summed E-state index contributed by atoms with van der Waals surface area (Å²) in [7, 11) is 0. The molecule has 3 amide bonds. The first-order valence-electron chi connectivity index (χ1n) is 11.8. The number of aliphatic hydroxyl groups excluding tert-OH is 1. The lowest BCUT2D eigenvalue weighted by molar-refractivity contribution is -0.142. The standard InChI is InChI=1S/C21H38N10O6/c22-6-2-1-4-13(23)17(33)29-14(5-3-7-27-21(24)25)18(34)31-16(10-32)19(35)30-15(20(36)37)8-12-9-26-11-28-12/h9,11,13-16,32H,1-8,10,22-23H2,(H,26,28)(H,29,33)(H,30,35)(H,31,34)(H,36,37)(H4,24,25,27). The lowest BCUT2D eigenvalue weighted by Crippen LogP contribution is -2.58. The Morgan fingerprint density at radius 2 is 1.62 bits per heavy atom. The normalized spacial score (nSPS) is 14.0. The Bertz CT molecular complexity index is 890. The molecule has 0 aliphatic heterocycles. The third kappa shape index (κ3) is 12.2. The highest BCUT2D eigenvalue weighted by molar-refractivity contribution is 5.94. The fourth-order valence-electron chi connectivity index (χ4n) is 3.25. The van der Waals surface area contributed by atoms with E-state index in [1.807, 2.05) is 0 Å². The summed E-state index contributed by atoms with van der Waals surface area (Å²) in [5.41, 5.74) is 22.4. The zero-order valence-corrected chi connectivity index (χ0v) is 20.6. The Morgan fingerprint density at radius 3 is 2.19 bits per heavy atom. The third-order valence-corrected chi connectivity index (χ3v) is 5.29. The number of hydrogen-bond donors (Lipinski definition) is 10. The van der Waals surface area contributed by atoms with Crippen LogP contribution in [0.1, 0.15) is 37.8 Å². The number of aliphatic imine (C=N–C) groups is 1. The predicted octanol–water partition coefficient (Wildman–Crippen LogP) is -4.01. The van der Waals surface area contributed by atoms with Gasteiger partial charge < -0.3 is 54.1 Å². The van der Waals surface area contributed by atoms with E-state index in [0.717, 1.165) is 0 Å². The fourth-order valence-corrected chi connectivity index (χ4v) is 3.25. The Balaban J connectivity index is 2.86. The summed E-state index contributed by atoms with van der Waals surface area (Å²) in [5, 5.41) is 26.3. The first-order chi connectivity index (χ1) is 17.6. The van der Waals surface area contributed by atoms with Gasteiger partial charge in [0.1, 0.15) is 18.1 Å². The smallest absolute Gasteiger partial charge is 0.326 e. The number of nitrogens with two attached hydrogens (primary N) is 4. The van der Waals surface area contributed by atoms with Gasteiger partial charge in [-0.1, -0.05) is 6.42 Å². The van der Waals surface area contributed by atoms with Gasteiger partial charge in [0.2, 0.25) is 17.7 Å². The second kappa shape index (κ2) is 16.8. The molecule has 0 bridgehead atoms. The van der Waals surface area contributed by atoms with Gasteiger partial charge in [-0.05, 0) is 32.2 Å². The highest BCUT2D eigenvalue weighted by Gasteiger charge is 2.30. The van der Waals surface area contributed by atoms with Crippen molar-refractivity contribution in [2.75, 3.05) is 19.7 Å². The number of rotatable bonds is 18. The van der Waals surface area contributed by atoms with Crippen LogP contribution in [-0.4, -0.2) is 93.7 Å². The molecule has 1 aromatic heterocycles. The topological polar surface area (TPSA) is 290 Å². The molecule has 14 N–H and O–H groups in total. The number of carbonyl (C=O) groups is 4. The Kier molecular flexibility index (Phi) is 14.2. The van der Waals surface area contributed by atoms with E-state index in [1.54, 1.807) is 0 Å². The number of guanidine groups is 1. The van der Waals surface area contributed by atoms with E-state index >= 15 is 0 Å². The minimum atomic E-state index is -1.48. The number of carbonyl (C=O) groups excluding carboxylic acids is 3. The van der Waals surface area contributed by atoms with Crippen LogP contribution in [0.5, 0.6) is 0 Å². The van der Waals surface area contributed by atoms with Crippen LogP contribution >= 0.6 is 0 Å². The zero-order chi connectivity index (χ0) is 27.8. The minimum absolute atomic E-state index is 0.0984. The number of hydrogen-bond acceptors (Lipinski definition) is 9. The molecule has 1 aromatic rings. The first kappa shape index (κ1) is 31.3. The molecule has 0 aliphatic carbocycles. The highest BCUT2D eigenvalue weighted by Crippen LogP contribution is 2.04. The Morgan fingerprint density at radius 1 is 0.973 bits per heavy atom. The van der Waals surface area contributed by atoms with Crippen LogP contribution < -0.4 is 38.9 Å². The number of amides is 3. The molecular formula is C21H38N10O6. The summed E-state index contributed by atoms with van der Waals surface area (Å²) in [6.45, 7) is -0.178. The first-order valence-corrected chi connectivity index (χ1v) is 11.8. The van der Waals surface area contributed by atoms with Gasteiger partial charge in [0.15, 0.2) is 5.96 Å². The number of nitrogens with zero attached hydrogens (tertiary/aromatic N) is 2. The number of nitrogens with one attached hydrogen (secondary N) is 4. The second-order valence-electron chi connectivity index (χ2n) is 8.33. The molecule has 0 radical (unpaired) electrons. The van der Waals surface area contributed by atoms with Crippen molar-refractivity contribution >= 4 is 29.7 Å². The molecule has 1 rings (SSSR count). The number of H-pyrrole nitrogens is 1. The summed E-state index contributed by atoms with van der Waals surface area (Å²) >= 11 is 0. The van der Waals surface area contributed by atoms with E-state index in [2.05, 4.69) is 30.9 Å². The van der Waals surface area contributed by atoms with Crippen molar-refractivity contribution in [2.24, 2.45) is 27.9 Å². The number of carboxylic acid groups (broad SMARTS) is 1. The zero-order valence-electron chi connectivity index (χ0n) is 20.6. The van der Waals surface area contributed by atoms with Crippen molar-refractivity contribution < 1.29 is 29.4 Å². The van der Waals surface area contributed by atoms with Crippen LogP contribution in [0.3, 0.4) is 0 Å². The molecule has 0 saturated carbocycles. The highest BCUT2D eigenvalue weighted by atomic mass is 16.4.